The molecule has 0 saturated heterocycles. The molecule has 0 bridgehead atoms. The fourth-order valence-electron chi connectivity index (χ4n) is 1.80. The van der Waals surface area contributed by atoms with Crippen molar-refractivity contribution in [2.45, 2.75) is 6.92 Å². The highest BCUT2D eigenvalue weighted by molar-refractivity contribution is 9.10. The van der Waals surface area contributed by atoms with E-state index in [0.717, 1.165) is 21.3 Å². The Morgan fingerprint density at radius 2 is 1.80 bits per heavy atom. The molecular weight excluding hydrogens is 314 g/mol. The molecule has 100 valence electrons. The molecule has 2 rings (SSSR count). The molecule has 2 nitrogen and oxygen atoms in total. The first kappa shape index (κ1) is 14.4. The maximum absolute atomic E-state index is 9.29. The van der Waals surface area contributed by atoms with E-state index in [0.29, 0.717) is 12.2 Å². The zero-order valence-corrected chi connectivity index (χ0v) is 12.7. The van der Waals surface area contributed by atoms with Gasteiger partial charge in [-0.05, 0) is 48.4 Å². The van der Waals surface area contributed by atoms with Crippen LogP contribution in [-0.4, -0.2) is 6.61 Å². The van der Waals surface area contributed by atoms with Crippen molar-refractivity contribution in [3.05, 3.63) is 64.1 Å². The van der Waals surface area contributed by atoms with Gasteiger partial charge in [0.1, 0.15) is 5.75 Å². The van der Waals surface area contributed by atoms with Crippen LogP contribution in [0.5, 0.6) is 5.75 Å². The molecule has 0 heterocycles. The quantitative estimate of drug-likeness (QED) is 0.590. The Bertz CT molecular complexity index is 636. The molecule has 0 atom stereocenters. The molecule has 2 aromatic rings. The van der Waals surface area contributed by atoms with Crippen molar-refractivity contribution >= 4 is 27.6 Å². The van der Waals surface area contributed by atoms with E-state index in [1.165, 1.54) is 0 Å². The van der Waals surface area contributed by atoms with Gasteiger partial charge in [0.05, 0.1) is 18.2 Å². The maximum atomic E-state index is 9.29. The van der Waals surface area contributed by atoms with Gasteiger partial charge in [-0.3, -0.25) is 0 Å². The Kier molecular flexibility index (Phi) is 4.97. The molecule has 3 heteroatoms. The minimum Gasteiger partial charge on any atom is -0.494 e. The average molecular weight is 328 g/mol. The fraction of sp³-hybridized carbons (Fsp3) is 0.118. The number of halogens is 1. The highest BCUT2D eigenvalue weighted by atomic mass is 79.9. The molecule has 0 aromatic heterocycles. The number of nitriles is 1. The van der Waals surface area contributed by atoms with Crippen LogP contribution in [0.1, 0.15) is 18.1 Å². The second-order valence-corrected chi connectivity index (χ2v) is 5.09. The number of rotatable bonds is 4. The van der Waals surface area contributed by atoms with Crippen LogP contribution in [0.15, 0.2) is 53.0 Å². The zero-order chi connectivity index (χ0) is 14.4. The van der Waals surface area contributed by atoms with E-state index in [4.69, 9.17) is 4.74 Å². The van der Waals surface area contributed by atoms with E-state index in [1.54, 1.807) is 0 Å². The molecule has 0 aliphatic rings. The van der Waals surface area contributed by atoms with E-state index in [-0.39, 0.29) is 0 Å². The molecule has 0 unspecified atom stereocenters. The highest BCUT2D eigenvalue weighted by Gasteiger charge is 2.01. The normalized spacial score (nSPS) is 10.9. The van der Waals surface area contributed by atoms with Gasteiger partial charge in [-0.15, -0.1) is 0 Å². The molecule has 0 spiro atoms. The second-order valence-electron chi connectivity index (χ2n) is 4.18. The van der Waals surface area contributed by atoms with Crippen LogP contribution in [0.25, 0.3) is 11.6 Å². The standard InChI is InChI=1S/C17H14BrNO/c1-2-20-17-9-3-13(4-10-17)11-15(12-19)14-5-7-16(18)8-6-14/h3-11H,2H2,1H3. The van der Waals surface area contributed by atoms with Gasteiger partial charge in [0.2, 0.25) is 0 Å². The van der Waals surface area contributed by atoms with Gasteiger partial charge in [-0.25, -0.2) is 0 Å². The first-order chi connectivity index (χ1) is 9.72. The van der Waals surface area contributed by atoms with E-state index in [1.807, 2.05) is 61.5 Å². The van der Waals surface area contributed by atoms with Crippen LogP contribution >= 0.6 is 15.9 Å². The Hall–Kier alpha value is -2.05. The third-order valence-corrected chi connectivity index (χ3v) is 3.31. The summed E-state index contributed by atoms with van der Waals surface area (Å²) in [6.45, 7) is 2.60. The first-order valence-electron chi connectivity index (χ1n) is 6.33. The average Bonchev–Trinajstić information content (AvgIpc) is 2.48. The number of ether oxygens (including phenoxy) is 1. The summed E-state index contributed by atoms with van der Waals surface area (Å²) in [4.78, 5) is 0. The van der Waals surface area contributed by atoms with E-state index >= 15 is 0 Å². The summed E-state index contributed by atoms with van der Waals surface area (Å²) in [5.74, 6) is 0.840. The number of benzene rings is 2. The van der Waals surface area contributed by atoms with Crippen LogP contribution in [-0.2, 0) is 0 Å². The van der Waals surface area contributed by atoms with Crippen LogP contribution in [0.4, 0.5) is 0 Å². The zero-order valence-electron chi connectivity index (χ0n) is 11.1. The smallest absolute Gasteiger partial charge is 0.119 e. The van der Waals surface area contributed by atoms with Crippen molar-refractivity contribution in [2.24, 2.45) is 0 Å². The van der Waals surface area contributed by atoms with E-state index in [2.05, 4.69) is 22.0 Å². The topological polar surface area (TPSA) is 33.0 Å². The highest BCUT2D eigenvalue weighted by Crippen LogP contribution is 2.21. The van der Waals surface area contributed by atoms with Gasteiger partial charge in [0.25, 0.3) is 0 Å². The monoisotopic (exact) mass is 327 g/mol. The lowest BCUT2D eigenvalue weighted by molar-refractivity contribution is 0.340. The first-order valence-corrected chi connectivity index (χ1v) is 7.13. The van der Waals surface area contributed by atoms with Crippen molar-refractivity contribution in [3.63, 3.8) is 0 Å². The molecule has 0 saturated carbocycles. The van der Waals surface area contributed by atoms with Gasteiger partial charge >= 0.3 is 0 Å². The summed E-state index contributed by atoms with van der Waals surface area (Å²) < 4.78 is 6.40. The third-order valence-electron chi connectivity index (χ3n) is 2.78. The predicted molar refractivity (Wildman–Crippen MR) is 85.2 cm³/mol. The Morgan fingerprint density at radius 1 is 1.15 bits per heavy atom. The number of nitrogens with zero attached hydrogens (tertiary/aromatic N) is 1. The lowest BCUT2D eigenvalue weighted by Gasteiger charge is -2.03. The molecular formula is C17H14BrNO. The number of hydrogen-bond donors (Lipinski definition) is 0. The summed E-state index contributed by atoms with van der Waals surface area (Å²) in [6.07, 6.45) is 1.87. The van der Waals surface area contributed by atoms with E-state index < -0.39 is 0 Å². The maximum Gasteiger partial charge on any atom is 0.119 e. The Balaban J connectivity index is 2.27. The summed E-state index contributed by atoms with van der Waals surface area (Å²) in [5, 5.41) is 9.29. The summed E-state index contributed by atoms with van der Waals surface area (Å²) in [5.41, 5.74) is 2.53. The van der Waals surface area contributed by atoms with Crippen molar-refractivity contribution < 1.29 is 4.74 Å². The largest absolute Gasteiger partial charge is 0.494 e. The van der Waals surface area contributed by atoms with Gasteiger partial charge in [0.15, 0.2) is 0 Å². The summed E-state index contributed by atoms with van der Waals surface area (Å²) in [7, 11) is 0. The van der Waals surface area contributed by atoms with E-state index in [9.17, 15) is 5.26 Å². The lowest BCUT2D eigenvalue weighted by atomic mass is 10.0. The molecule has 20 heavy (non-hydrogen) atoms. The van der Waals surface area contributed by atoms with Crippen LogP contribution in [0.3, 0.4) is 0 Å². The summed E-state index contributed by atoms with van der Waals surface area (Å²) in [6, 6.07) is 17.7. The van der Waals surface area contributed by atoms with Gasteiger partial charge in [-0.2, -0.15) is 5.26 Å². The second kappa shape index (κ2) is 6.93. The van der Waals surface area contributed by atoms with Crippen LogP contribution in [0.2, 0.25) is 0 Å². The minimum absolute atomic E-state index is 0.640. The lowest BCUT2D eigenvalue weighted by Crippen LogP contribution is -1.90. The van der Waals surface area contributed by atoms with Gasteiger partial charge in [0, 0.05) is 4.47 Å². The molecule has 0 aliphatic carbocycles. The van der Waals surface area contributed by atoms with Crippen molar-refractivity contribution in [2.75, 3.05) is 6.61 Å². The molecule has 0 radical (unpaired) electrons. The molecule has 0 amide bonds. The van der Waals surface area contributed by atoms with Crippen molar-refractivity contribution in [1.29, 1.82) is 5.26 Å². The summed E-state index contributed by atoms with van der Waals surface area (Å²) >= 11 is 3.39. The number of allylic oxidation sites excluding steroid dienone is 1. The third kappa shape index (κ3) is 3.72. The van der Waals surface area contributed by atoms with Gasteiger partial charge < -0.3 is 4.74 Å². The van der Waals surface area contributed by atoms with Crippen molar-refractivity contribution in [3.8, 4) is 11.8 Å². The van der Waals surface area contributed by atoms with Crippen LogP contribution in [0, 0.1) is 11.3 Å². The van der Waals surface area contributed by atoms with Crippen LogP contribution < -0.4 is 4.74 Å². The predicted octanol–water partition coefficient (Wildman–Crippen LogP) is 4.91. The fourth-order valence-corrected chi connectivity index (χ4v) is 2.07. The van der Waals surface area contributed by atoms with Crippen molar-refractivity contribution in [1.82, 2.24) is 0 Å². The SMILES string of the molecule is CCOc1ccc(C=C(C#N)c2ccc(Br)cc2)cc1. The number of hydrogen-bond acceptors (Lipinski definition) is 2. The molecule has 0 aliphatic heterocycles. The minimum atomic E-state index is 0.640. The molecule has 2 aromatic carbocycles. The molecule has 0 N–H and O–H groups in total. The Morgan fingerprint density at radius 3 is 2.35 bits per heavy atom. The Labute approximate surface area is 127 Å². The molecule has 0 fully saturated rings. The van der Waals surface area contributed by atoms with Gasteiger partial charge in [-0.1, -0.05) is 40.2 Å².